The van der Waals surface area contributed by atoms with E-state index in [1.54, 1.807) is 12.1 Å². The Hall–Kier alpha value is -2.22. The predicted octanol–water partition coefficient (Wildman–Crippen LogP) is 4.83. The van der Waals surface area contributed by atoms with Crippen LogP contribution in [0.2, 0.25) is 5.02 Å². The Bertz CT molecular complexity index is 883. The maximum Gasteiger partial charge on any atom is 0.434 e. The van der Waals surface area contributed by atoms with E-state index >= 15 is 0 Å². The standard InChI is InChI=1S/C20H21BClF3N4/c1-12(26-10-13-5-3-2-4-6-13)15-11-27-19(29-18(15)20(23,24)25)28-17-8-7-14(21)9-16(17)22/h7-9,11,13,26H,1-6,10H2,(H,27,28,29). The Kier molecular flexibility index (Phi) is 6.72. The van der Waals surface area contributed by atoms with Crippen molar-refractivity contribution in [3.8, 4) is 0 Å². The van der Waals surface area contributed by atoms with Crippen LogP contribution in [0.15, 0.2) is 31.0 Å². The molecular formula is C20H21BClF3N4. The van der Waals surface area contributed by atoms with Gasteiger partial charge in [-0.15, -0.1) is 0 Å². The first-order chi connectivity index (χ1) is 13.7. The van der Waals surface area contributed by atoms with Gasteiger partial charge in [0.1, 0.15) is 7.85 Å². The van der Waals surface area contributed by atoms with Gasteiger partial charge in [0.25, 0.3) is 0 Å². The molecule has 0 saturated heterocycles. The van der Waals surface area contributed by atoms with Crippen molar-refractivity contribution in [1.82, 2.24) is 15.3 Å². The summed E-state index contributed by atoms with van der Waals surface area (Å²) in [5, 5.41) is 5.99. The minimum Gasteiger partial charge on any atom is -0.385 e. The highest BCUT2D eigenvalue weighted by molar-refractivity contribution is 6.37. The number of hydrogen-bond donors (Lipinski definition) is 2. The molecule has 1 fully saturated rings. The molecule has 4 nitrogen and oxygen atoms in total. The smallest absolute Gasteiger partial charge is 0.385 e. The lowest BCUT2D eigenvalue weighted by Crippen LogP contribution is -2.25. The van der Waals surface area contributed by atoms with Crippen LogP contribution in [0.1, 0.15) is 43.4 Å². The van der Waals surface area contributed by atoms with E-state index in [-0.39, 0.29) is 22.2 Å². The molecule has 0 bridgehead atoms. The van der Waals surface area contributed by atoms with Gasteiger partial charge in [-0.25, -0.2) is 9.97 Å². The zero-order chi connectivity index (χ0) is 21.0. The average molecular weight is 421 g/mol. The lowest BCUT2D eigenvalue weighted by Gasteiger charge is -2.23. The summed E-state index contributed by atoms with van der Waals surface area (Å²) >= 11 is 6.06. The molecule has 1 saturated carbocycles. The van der Waals surface area contributed by atoms with E-state index in [0.717, 1.165) is 31.9 Å². The molecule has 9 heteroatoms. The van der Waals surface area contributed by atoms with Gasteiger partial charge in [-0.05, 0) is 30.9 Å². The Morgan fingerprint density at radius 1 is 1.24 bits per heavy atom. The second-order valence-electron chi connectivity index (χ2n) is 7.18. The Labute approximate surface area is 174 Å². The number of rotatable bonds is 6. The topological polar surface area (TPSA) is 49.8 Å². The lowest BCUT2D eigenvalue weighted by atomic mass is 9.89. The summed E-state index contributed by atoms with van der Waals surface area (Å²) in [4.78, 5) is 7.70. The van der Waals surface area contributed by atoms with Crippen LogP contribution in [0.25, 0.3) is 5.70 Å². The molecule has 29 heavy (non-hydrogen) atoms. The summed E-state index contributed by atoms with van der Waals surface area (Å²) in [5.41, 5.74) is -0.255. The van der Waals surface area contributed by atoms with E-state index in [0.29, 0.717) is 23.6 Å². The molecule has 1 aliphatic carbocycles. The van der Waals surface area contributed by atoms with Crippen molar-refractivity contribution in [2.24, 2.45) is 5.92 Å². The van der Waals surface area contributed by atoms with Crippen molar-refractivity contribution in [2.75, 3.05) is 11.9 Å². The molecule has 0 aliphatic heterocycles. The first-order valence-corrected chi connectivity index (χ1v) is 9.81. The molecule has 2 radical (unpaired) electrons. The van der Waals surface area contributed by atoms with Crippen molar-refractivity contribution in [1.29, 1.82) is 0 Å². The van der Waals surface area contributed by atoms with E-state index in [4.69, 9.17) is 19.4 Å². The highest BCUT2D eigenvalue weighted by Gasteiger charge is 2.37. The fraction of sp³-hybridized carbons (Fsp3) is 0.400. The number of anilines is 2. The summed E-state index contributed by atoms with van der Waals surface area (Å²) in [6.07, 6.45) is 2.15. The zero-order valence-electron chi connectivity index (χ0n) is 15.8. The van der Waals surface area contributed by atoms with Crippen molar-refractivity contribution in [2.45, 2.75) is 38.3 Å². The number of aromatic nitrogens is 2. The summed E-state index contributed by atoms with van der Waals surface area (Å²) in [6.45, 7) is 4.37. The molecule has 0 atom stereocenters. The largest absolute Gasteiger partial charge is 0.434 e. The van der Waals surface area contributed by atoms with Gasteiger partial charge in [-0.3, -0.25) is 0 Å². The SMILES string of the molecule is [B]c1ccc(Nc2ncc(C(=C)NCC3CCCCC3)c(C(F)(F)F)n2)c(Cl)c1. The van der Waals surface area contributed by atoms with Crippen molar-refractivity contribution in [3.05, 3.63) is 47.3 Å². The molecule has 2 N–H and O–H groups in total. The normalized spacial score (nSPS) is 15.2. The Morgan fingerprint density at radius 2 is 1.97 bits per heavy atom. The number of hydrogen-bond acceptors (Lipinski definition) is 4. The van der Waals surface area contributed by atoms with Crippen LogP contribution in [-0.2, 0) is 6.18 Å². The van der Waals surface area contributed by atoms with Crippen molar-refractivity contribution >= 4 is 42.2 Å². The molecule has 0 unspecified atom stereocenters. The number of halogens is 4. The molecule has 1 aliphatic rings. The summed E-state index contributed by atoms with van der Waals surface area (Å²) < 4.78 is 40.9. The number of alkyl halides is 3. The van der Waals surface area contributed by atoms with E-state index in [1.165, 1.54) is 12.5 Å². The fourth-order valence-corrected chi connectivity index (χ4v) is 3.62. The molecule has 1 aromatic carbocycles. The van der Waals surface area contributed by atoms with Crippen LogP contribution in [0.3, 0.4) is 0 Å². The maximum absolute atomic E-state index is 13.6. The maximum atomic E-state index is 13.6. The predicted molar refractivity (Wildman–Crippen MR) is 111 cm³/mol. The van der Waals surface area contributed by atoms with Crippen molar-refractivity contribution in [3.63, 3.8) is 0 Å². The average Bonchev–Trinajstić information content (AvgIpc) is 2.68. The third kappa shape index (κ3) is 5.66. The van der Waals surface area contributed by atoms with Crippen LogP contribution in [0, 0.1) is 5.92 Å². The van der Waals surface area contributed by atoms with Crippen LogP contribution < -0.4 is 16.1 Å². The van der Waals surface area contributed by atoms with Crippen LogP contribution in [0.5, 0.6) is 0 Å². The summed E-state index contributed by atoms with van der Waals surface area (Å²) in [5.74, 6) is 0.234. The van der Waals surface area contributed by atoms with E-state index in [2.05, 4.69) is 27.2 Å². The first kappa shape index (κ1) is 21.5. The van der Waals surface area contributed by atoms with Crippen LogP contribution in [0.4, 0.5) is 24.8 Å². The molecule has 152 valence electrons. The molecular weight excluding hydrogens is 400 g/mol. The van der Waals surface area contributed by atoms with Gasteiger partial charge in [0.05, 0.1) is 10.7 Å². The van der Waals surface area contributed by atoms with E-state index < -0.39 is 11.9 Å². The molecule has 0 spiro atoms. The van der Waals surface area contributed by atoms with Gasteiger partial charge >= 0.3 is 6.18 Å². The lowest BCUT2D eigenvalue weighted by molar-refractivity contribution is -0.141. The van der Waals surface area contributed by atoms with Crippen LogP contribution >= 0.6 is 11.6 Å². The van der Waals surface area contributed by atoms with Crippen molar-refractivity contribution < 1.29 is 13.2 Å². The minimum atomic E-state index is -4.66. The van der Waals surface area contributed by atoms with Gasteiger partial charge in [0.15, 0.2) is 5.69 Å². The number of nitrogens with one attached hydrogen (secondary N) is 2. The molecule has 2 aromatic rings. The summed E-state index contributed by atoms with van der Waals surface area (Å²) in [6, 6.07) is 4.61. The van der Waals surface area contributed by atoms with E-state index in [9.17, 15) is 13.2 Å². The minimum absolute atomic E-state index is 0.165. The van der Waals surface area contributed by atoms with Gasteiger partial charge in [0, 0.05) is 24.0 Å². The Balaban J connectivity index is 1.79. The molecule has 0 amide bonds. The quantitative estimate of drug-likeness (QED) is 0.658. The third-order valence-electron chi connectivity index (χ3n) is 4.95. The fourth-order valence-electron chi connectivity index (χ4n) is 3.39. The summed E-state index contributed by atoms with van der Waals surface area (Å²) in [7, 11) is 5.63. The van der Waals surface area contributed by atoms with Crippen LogP contribution in [-0.4, -0.2) is 24.4 Å². The Morgan fingerprint density at radius 3 is 2.62 bits per heavy atom. The third-order valence-corrected chi connectivity index (χ3v) is 5.26. The van der Waals surface area contributed by atoms with E-state index in [1.807, 2.05) is 0 Å². The second-order valence-corrected chi connectivity index (χ2v) is 7.59. The van der Waals surface area contributed by atoms with Gasteiger partial charge in [0.2, 0.25) is 5.95 Å². The highest BCUT2D eigenvalue weighted by Crippen LogP contribution is 2.34. The first-order valence-electron chi connectivity index (χ1n) is 9.43. The van der Waals surface area contributed by atoms with Gasteiger partial charge < -0.3 is 10.6 Å². The van der Waals surface area contributed by atoms with Gasteiger partial charge in [-0.2, -0.15) is 13.2 Å². The monoisotopic (exact) mass is 420 g/mol. The number of nitrogens with zero attached hydrogens (tertiary/aromatic N) is 2. The molecule has 1 aromatic heterocycles. The van der Waals surface area contributed by atoms with Gasteiger partial charge in [-0.1, -0.05) is 49.0 Å². The molecule has 1 heterocycles. The zero-order valence-corrected chi connectivity index (χ0v) is 16.6. The number of benzene rings is 1. The molecule has 3 rings (SSSR count). The second kappa shape index (κ2) is 9.07. The highest BCUT2D eigenvalue weighted by atomic mass is 35.5.